The van der Waals surface area contributed by atoms with Crippen molar-refractivity contribution in [1.82, 2.24) is 20.5 Å². The third-order valence-corrected chi connectivity index (χ3v) is 6.29. The third-order valence-electron chi connectivity index (χ3n) is 4.78. The molecule has 0 rings (SSSR count). The van der Waals surface area contributed by atoms with E-state index in [1.54, 1.807) is 27.9 Å². The van der Waals surface area contributed by atoms with E-state index in [1.165, 1.54) is 41.5 Å². The summed E-state index contributed by atoms with van der Waals surface area (Å²) in [5.41, 5.74) is 6.39. The van der Waals surface area contributed by atoms with E-state index in [4.69, 9.17) is 26.8 Å². The first-order chi connectivity index (χ1) is 14.0. The highest BCUT2D eigenvalue weighted by atomic mass is 127. The first-order valence-corrected chi connectivity index (χ1v) is 11.7. The summed E-state index contributed by atoms with van der Waals surface area (Å²) in [7, 11) is 5.81. The Morgan fingerprint density at radius 1 is 1.42 bits per heavy atom. The molecular weight excluding hydrogens is 619 g/mol. The van der Waals surface area contributed by atoms with Gasteiger partial charge in [0.1, 0.15) is 11.5 Å². The van der Waals surface area contributed by atoms with Gasteiger partial charge in [-0.2, -0.15) is 5.73 Å². The van der Waals surface area contributed by atoms with E-state index in [0.717, 1.165) is 12.1 Å². The van der Waals surface area contributed by atoms with E-state index in [1.807, 2.05) is 0 Å². The largest absolute Gasteiger partial charge is 0.556 e. The van der Waals surface area contributed by atoms with Gasteiger partial charge >= 0.3 is 15.8 Å². The summed E-state index contributed by atoms with van der Waals surface area (Å²) in [4.78, 5) is 13.1. The lowest BCUT2D eigenvalue weighted by Crippen LogP contribution is -2.99. The number of quaternary nitrogens is 1. The van der Waals surface area contributed by atoms with Gasteiger partial charge in [-0.15, -0.1) is 5.01 Å². The molecule has 0 bridgehead atoms. The second-order valence-corrected chi connectivity index (χ2v) is 10.4. The molecule has 0 saturated heterocycles. The van der Waals surface area contributed by atoms with Gasteiger partial charge in [0.15, 0.2) is 0 Å². The van der Waals surface area contributed by atoms with Crippen LogP contribution in [0.15, 0.2) is 0 Å². The summed E-state index contributed by atoms with van der Waals surface area (Å²) in [5, 5.41) is 31.4. The van der Waals surface area contributed by atoms with Gasteiger partial charge in [-0.3, -0.25) is 14.9 Å². The molecule has 0 fully saturated rings. The Morgan fingerprint density at radius 3 is 2.19 bits per heavy atom. The summed E-state index contributed by atoms with van der Waals surface area (Å²) in [5.74, 6) is -4.68. The number of nitro groups is 1. The number of hydrogen-bond acceptors (Lipinski definition) is 10. The van der Waals surface area contributed by atoms with Crippen molar-refractivity contribution < 1.29 is 28.5 Å². The summed E-state index contributed by atoms with van der Waals surface area (Å²) >= 11 is 10.0. The Balaban J connectivity index is 7.96. The molecule has 0 aliphatic carbocycles. The van der Waals surface area contributed by atoms with Crippen molar-refractivity contribution >= 4 is 50.1 Å². The normalized spacial score (nSPS) is 22.3. The van der Waals surface area contributed by atoms with Crippen molar-refractivity contribution in [3.63, 3.8) is 0 Å². The molecule has 0 amide bonds. The molecule has 0 aromatic rings. The van der Waals surface area contributed by atoms with E-state index >= 15 is 0 Å². The number of nitrogens with zero attached hydrogens (tertiary/aromatic N) is 4. The lowest BCUT2D eigenvalue weighted by molar-refractivity contribution is -1.24. The van der Waals surface area contributed by atoms with Gasteiger partial charge < -0.3 is 5.11 Å². The fraction of sp³-hybridized carbons (Fsp3) is 1.00. The molecule has 16 heteroatoms. The number of aliphatic hydroxyl groups is 1. The minimum Gasteiger partial charge on any atom is -0.309 e. The smallest absolute Gasteiger partial charge is 0.309 e. The van der Waals surface area contributed by atoms with E-state index in [-0.39, 0.29) is 19.7 Å². The predicted octanol–water partition coefficient (Wildman–Crippen LogP) is 0.867. The van der Waals surface area contributed by atoms with Crippen LogP contribution < -0.4 is 16.4 Å². The summed E-state index contributed by atoms with van der Waals surface area (Å²) < 4.78 is 19.2. The Kier molecular flexibility index (Phi) is 11.9. The van der Waals surface area contributed by atoms with Crippen LogP contribution in [-0.2, 0) is 9.47 Å². The average Bonchev–Trinajstić information content (AvgIpc) is 2.65. The number of nitrogens with one attached hydrogen (secondary N) is 2. The van der Waals surface area contributed by atoms with Crippen LogP contribution in [0.4, 0.5) is 4.39 Å². The SMILES string of the molecule is CCNC(NC)(N(C)C)[N+](N(CC)CC(F)(Cl)Br)(C(O)(I)OC)C(N)(OCC)[N+](=O)[O-]. The zero-order chi connectivity index (χ0) is 24.9. The number of rotatable bonds is 15. The topological polar surface area (TPSA) is 138 Å². The number of methoxy groups -OCH3 is 1. The van der Waals surface area contributed by atoms with Gasteiger partial charge in [0.05, 0.1) is 29.2 Å². The monoisotopic (exact) mass is 652 g/mol. The molecule has 0 aliphatic rings. The van der Waals surface area contributed by atoms with Crippen molar-refractivity contribution in [2.45, 2.75) is 40.6 Å². The summed E-state index contributed by atoms with van der Waals surface area (Å²) in [6.45, 7) is 4.16. The molecule has 12 nitrogen and oxygen atoms in total. The van der Waals surface area contributed by atoms with Crippen LogP contribution in [0.25, 0.3) is 0 Å². The molecular formula is C15H34BrClFIN7O5+. The van der Waals surface area contributed by atoms with Crippen LogP contribution in [-0.4, -0.2) is 98.9 Å². The zero-order valence-corrected chi connectivity index (χ0v) is 23.3. The van der Waals surface area contributed by atoms with Crippen LogP contribution in [0, 0.1) is 10.1 Å². The molecule has 0 heterocycles. The molecule has 186 valence electrons. The Morgan fingerprint density at radius 2 is 1.94 bits per heavy atom. The maximum Gasteiger partial charge on any atom is 0.556 e. The van der Waals surface area contributed by atoms with Crippen molar-refractivity contribution in [2.75, 3.05) is 54.5 Å². The molecule has 0 aromatic heterocycles. The van der Waals surface area contributed by atoms with Crippen molar-refractivity contribution in [2.24, 2.45) is 5.73 Å². The van der Waals surface area contributed by atoms with Crippen LogP contribution in [0.1, 0.15) is 20.8 Å². The summed E-state index contributed by atoms with van der Waals surface area (Å²) in [6.07, 6.45) is 0. The van der Waals surface area contributed by atoms with Crippen molar-refractivity contribution in [3.8, 4) is 0 Å². The number of halogens is 4. The Labute approximate surface area is 209 Å². The Bertz CT molecular complexity index is 609. The highest BCUT2D eigenvalue weighted by Crippen LogP contribution is 2.48. The summed E-state index contributed by atoms with van der Waals surface area (Å²) in [6, 6.07) is 0. The fourth-order valence-electron chi connectivity index (χ4n) is 3.74. The Hall–Kier alpha value is 0.470. The second-order valence-electron chi connectivity index (χ2n) is 6.66. The molecule has 5 atom stereocenters. The standard InChI is InChI=1S/C15H34BrClFIN7O5/c1-8-22-15(21-4,23(5)6)26(13(19,27)30-7,14(20,25(28)29)31-10-3)24(9-2)11-12(16,17)18/h21-22,27H,8-11,20H2,1-7H3/q+1. The lowest BCUT2D eigenvalue weighted by Gasteiger charge is -2.61. The van der Waals surface area contributed by atoms with Gasteiger partial charge in [-0.1, -0.05) is 18.5 Å². The minimum absolute atomic E-state index is 0.0683. The molecule has 0 spiro atoms. The first-order valence-electron chi connectivity index (χ1n) is 9.41. The van der Waals surface area contributed by atoms with Gasteiger partial charge in [0.2, 0.25) is 0 Å². The van der Waals surface area contributed by atoms with Gasteiger partial charge in [0, 0.05) is 20.2 Å². The average molecular weight is 654 g/mol. The molecule has 0 aliphatic heterocycles. The highest BCUT2D eigenvalue weighted by Gasteiger charge is 2.84. The van der Waals surface area contributed by atoms with E-state index < -0.39 is 35.9 Å². The number of ether oxygens (including phenoxy) is 2. The van der Waals surface area contributed by atoms with Crippen LogP contribution in [0.2, 0.25) is 0 Å². The predicted molar refractivity (Wildman–Crippen MR) is 127 cm³/mol. The second kappa shape index (κ2) is 11.7. The van der Waals surface area contributed by atoms with Crippen molar-refractivity contribution in [3.05, 3.63) is 10.1 Å². The number of alkyl halides is 4. The number of nitrogens with two attached hydrogens (primary N) is 1. The molecule has 5 N–H and O–H groups in total. The quantitative estimate of drug-likeness (QED) is 0.0383. The zero-order valence-electron chi connectivity index (χ0n) is 18.8. The molecule has 0 radical (unpaired) electrons. The van der Waals surface area contributed by atoms with E-state index in [0.29, 0.717) is 0 Å². The maximum absolute atomic E-state index is 14.7. The number of hydrogen-bond donors (Lipinski definition) is 4. The maximum atomic E-state index is 14.7. The van der Waals surface area contributed by atoms with Gasteiger partial charge in [-0.05, 0) is 55.5 Å². The van der Waals surface area contributed by atoms with Crippen LogP contribution in [0.5, 0.6) is 0 Å². The fourth-order valence-corrected chi connectivity index (χ4v) is 5.17. The molecule has 31 heavy (non-hydrogen) atoms. The van der Waals surface area contributed by atoms with Crippen molar-refractivity contribution in [1.29, 1.82) is 0 Å². The molecule has 0 aromatic carbocycles. The lowest BCUT2D eigenvalue weighted by atomic mass is 10.3. The molecule has 0 saturated carbocycles. The minimum atomic E-state index is -2.90. The van der Waals surface area contributed by atoms with Crippen LogP contribution in [0.3, 0.4) is 0 Å². The first kappa shape index (κ1) is 31.5. The van der Waals surface area contributed by atoms with Gasteiger partial charge in [-0.25, -0.2) is 24.7 Å². The van der Waals surface area contributed by atoms with E-state index in [2.05, 4.69) is 26.6 Å². The van der Waals surface area contributed by atoms with Crippen LogP contribution >= 0.6 is 50.1 Å². The van der Waals surface area contributed by atoms with E-state index in [9.17, 15) is 19.6 Å². The molecule has 5 unspecified atom stereocenters. The highest BCUT2D eigenvalue weighted by molar-refractivity contribution is 14.1. The van der Waals surface area contributed by atoms with Gasteiger partial charge in [0.25, 0.3) is 4.04 Å². The third kappa shape index (κ3) is 5.59.